The molecule has 6 aliphatic rings. The molecule has 7 heterocycles. The van der Waals surface area contributed by atoms with Crippen LogP contribution in [-0.4, -0.2) is 202 Å². The van der Waals surface area contributed by atoms with Crippen LogP contribution < -0.4 is 24.8 Å². The molecular weight excluding hydrogens is 1550 g/mol. The Labute approximate surface area is 629 Å². The summed E-state index contributed by atoms with van der Waals surface area (Å²) in [6.45, 7) is 20.2. The number of H-pyrrole nitrogens is 1. The quantitative estimate of drug-likeness (QED) is 0.0516. The number of fused-ring (bicyclic) bond motifs is 4. The third-order valence-electron chi connectivity index (χ3n) is 17.2. The number of benzodiazepines with no additional fused rings is 1. The molecule has 3 fully saturated rings. The van der Waals surface area contributed by atoms with Crippen molar-refractivity contribution in [1.29, 1.82) is 0 Å². The number of thiocarbonyl (C=S) groups is 1. The number of aliphatic imine (C=N–C) groups is 4. The number of hydrogen-bond acceptors (Lipinski definition) is 18. The molecule has 0 unspecified atom stereocenters. The molecule has 26 heteroatoms. The summed E-state index contributed by atoms with van der Waals surface area (Å²) in [5, 5.41) is 17.0. The van der Waals surface area contributed by atoms with Gasteiger partial charge in [0.2, 0.25) is 0 Å². The van der Waals surface area contributed by atoms with Crippen molar-refractivity contribution in [1.82, 2.24) is 29.8 Å². The van der Waals surface area contributed by atoms with Gasteiger partial charge < -0.3 is 44.0 Å². The highest BCUT2D eigenvalue weighted by atomic mass is 79.9. The first kappa shape index (κ1) is 74.4. The predicted octanol–water partition coefficient (Wildman–Crippen LogP) is 16.5. The van der Waals surface area contributed by atoms with Crippen LogP contribution >= 0.6 is 107 Å². The molecule has 0 atom stereocenters. The molecule has 1 aromatic heterocycles. The van der Waals surface area contributed by atoms with Gasteiger partial charge in [-0.2, -0.15) is 5.10 Å². The van der Waals surface area contributed by atoms with Crippen molar-refractivity contribution in [3.63, 3.8) is 0 Å². The minimum absolute atomic E-state index is 0.415. The Kier molecular flexibility index (Phi) is 27.4. The van der Waals surface area contributed by atoms with E-state index in [0.29, 0.717) is 52.2 Å². The summed E-state index contributed by atoms with van der Waals surface area (Å²) in [6, 6.07) is 35.4. The molecule has 6 aromatic carbocycles. The van der Waals surface area contributed by atoms with Crippen molar-refractivity contribution in [2.75, 3.05) is 156 Å². The largest absolute Gasteiger partial charge is 0.492 e. The summed E-state index contributed by atoms with van der Waals surface area (Å²) >= 11 is 37.8. The Hall–Kier alpha value is -5.74. The highest BCUT2D eigenvalue weighted by Gasteiger charge is 2.28. The number of benzene rings is 6. The Bertz CT molecular complexity index is 4180. The summed E-state index contributed by atoms with van der Waals surface area (Å²) in [5.41, 5.74) is 13.9. The van der Waals surface area contributed by atoms with Gasteiger partial charge in [-0.05, 0) is 124 Å². The second-order valence-electron chi connectivity index (χ2n) is 24.1. The van der Waals surface area contributed by atoms with E-state index >= 15 is 0 Å². The van der Waals surface area contributed by atoms with Gasteiger partial charge in [0, 0.05) is 145 Å². The van der Waals surface area contributed by atoms with Gasteiger partial charge in [0.05, 0.1) is 119 Å². The molecule has 3 N–H and O–H groups in total. The summed E-state index contributed by atoms with van der Waals surface area (Å²) in [6.07, 6.45) is 4.89. The zero-order valence-electron chi connectivity index (χ0n) is 56.0. The zero-order chi connectivity index (χ0) is 69.4. The van der Waals surface area contributed by atoms with Crippen LogP contribution in [0.3, 0.4) is 0 Å². The SMILES string of the molecule is CSC1=Nc2cc(OCCCN3CCOCC3)c(Br)cc2C(c2ccccc2Cl)=NC1=C(C)N(C)C.Cc1[nH]nc2c1N=C(c1ccccc1Cl)c1cc(Br)c(OCCCN3CCOCC3)cc1N2.S=C1CN=C(c2ccccc2Cl)c2cc(Br)c(OCCCN3CCOCC3)cc2N1. The number of anilines is 3. The molecule has 13 rings (SSSR count). The molecule has 99 heavy (non-hydrogen) atoms. The van der Waals surface area contributed by atoms with Crippen LogP contribution in [0.25, 0.3) is 0 Å². The van der Waals surface area contributed by atoms with Crippen molar-refractivity contribution in [3.05, 3.63) is 188 Å². The minimum Gasteiger partial charge on any atom is -0.492 e. The van der Waals surface area contributed by atoms with E-state index < -0.39 is 0 Å². The first-order valence-corrected chi connectivity index (χ1v) is 38.1. The van der Waals surface area contributed by atoms with Crippen molar-refractivity contribution in [2.45, 2.75) is 33.1 Å². The normalized spacial score (nSPS) is 16.8. The van der Waals surface area contributed by atoms with Gasteiger partial charge in [0.25, 0.3) is 0 Å². The zero-order valence-corrected chi connectivity index (χ0v) is 64.7. The lowest BCUT2D eigenvalue weighted by molar-refractivity contribution is 0.0357. The number of halogens is 6. The maximum Gasteiger partial charge on any atom is 0.178 e. The van der Waals surface area contributed by atoms with Crippen molar-refractivity contribution < 1.29 is 28.4 Å². The number of rotatable bonds is 19. The Morgan fingerprint density at radius 1 is 0.566 bits per heavy atom. The lowest BCUT2D eigenvalue weighted by Gasteiger charge is -2.26. The van der Waals surface area contributed by atoms with E-state index in [9.17, 15) is 0 Å². The Morgan fingerprint density at radius 2 is 0.990 bits per heavy atom. The molecular formula is C73H80Br3Cl3N12O6S2. The molecule has 6 aliphatic heterocycles. The van der Waals surface area contributed by atoms with Gasteiger partial charge in [-0.25, -0.2) is 15.0 Å². The summed E-state index contributed by atoms with van der Waals surface area (Å²) in [4.78, 5) is 29.9. The average molecular weight is 1630 g/mol. The van der Waals surface area contributed by atoms with Crippen LogP contribution in [0, 0.1) is 6.92 Å². The summed E-state index contributed by atoms with van der Waals surface area (Å²) in [7, 11) is 4.03. The van der Waals surface area contributed by atoms with E-state index in [-0.39, 0.29) is 0 Å². The number of aromatic amines is 1. The molecule has 0 spiro atoms. The highest BCUT2D eigenvalue weighted by Crippen LogP contribution is 2.43. The van der Waals surface area contributed by atoms with Crippen LogP contribution in [-0.2, 0) is 14.2 Å². The number of nitrogens with one attached hydrogen (secondary N) is 3. The van der Waals surface area contributed by atoms with Crippen molar-refractivity contribution in [2.24, 2.45) is 20.0 Å². The second kappa shape index (κ2) is 36.4. The Balaban J connectivity index is 0.000000151. The Morgan fingerprint density at radius 3 is 1.45 bits per heavy atom. The van der Waals surface area contributed by atoms with Gasteiger partial charge in [0.1, 0.15) is 38.7 Å². The third-order valence-corrected chi connectivity index (χ3v) is 20.9. The number of morpholine rings is 3. The number of thioether (sulfide) groups is 1. The van der Waals surface area contributed by atoms with Gasteiger partial charge in [-0.15, -0.1) is 11.8 Å². The maximum absolute atomic E-state index is 6.66. The van der Waals surface area contributed by atoms with Crippen LogP contribution in [0.2, 0.25) is 15.1 Å². The smallest absolute Gasteiger partial charge is 0.178 e. The van der Waals surface area contributed by atoms with Gasteiger partial charge in [0.15, 0.2) is 5.82 Å². The molecule has 522 valence electrons. The highest BCUT2D eigenvalue weighted by molar-refractivity contribution is 9.11. The number of ether oxygens (including phenoxy) is 6. The first-order valence-electron chi connectivity index (χ1n) is 33.0. The number of allylic oxidation sites excluding steroid dienone is 1. The van der Waals surface area contributed by atoms with E-state index in [4.69, 9.17) is 95.4 Å². The van der Waals surface area contributed by atoms with Gasteiger partial charge >= 0.3 is 0 Å². The first-order chi connectivity index (χ1) is 48.1. The fourth-order valence-electron chi connectivity index (χ4n) is 11.7. The molecule has 0 radical (unpaired) electrons. The van der Waals surface area contributed by atoms with E-state index in [0.717, 1.165) is 244 Å². The fourth-order valence-corrected chi connectivity index (χ4v) is 14.5. The summed E-state index contributed by atoms with van der Waals surface area (Å²) in [5.74, 6) is 3.01. The topological polar surface area (TPSA) is 171 Å². The van der Waals surface area contributed by atoms with Crippen molar-refractivity contribution >= 4 is 162 Å². The number of aromatic nitrogens is 2. The number of aryl methyl sites for hydroxylation is 1. The van der Waals surface area contributed by atoms with E-state index in [1.807, 2.05) is 136 Å². The van der Waals surface area contributed by atoms with Crippen LogP contribution in [0.4, 0.5) is 28.6 Å². The molecule has 0 saturated carbocycles. The van der Waals surface area contributed by atoms with Crippen LogP contribution in [0.15, 0.2) is 154 Å². The number of nitrogens with zero attached hydrogens (tertiary/aromatic N) is 9. The van der Waals surface area contributed by atoms with Crippen LogP contribution in [0.5, 0.6) is 17.2 Å². The lowest BCUT2D eigenvalue weighted by Crippen LogP contribution is -2.37. The van der Waals surface area contributed by atoms with E-state index in [2.05, 4.69) is 95.1 Å². The number of hydrogen-bond donors (Lipinski definition) is 3. The third kappa shape index (κ3) is 19.5. The molecule has 0 aliphatic carbocycles. The van der Waals surface area contributed by atoms with Crippen LogP contribution in [0.1, 0.15) is 65.3 Å². The standard InChI is InChI=1S/C27H32BrClN4O2S.C24H25BrClN5O2.C22H23BrClN3O2S/c1-18(32(2)3)25-27(36-4)30-23-17-24(35-13-7-10-33-11-14-34-15-12-33)21(28)16-20(23)26(31-25)19-8-5-6-9-22(19)29;1-15-22-24(30-29-15)27-20-14-21(33-10-4-7-31-8-11-32-12-9-31)18(25)13-17(20)23(28-22)16-5-2-3-6-19(16)26;23-17-12-16-19(13-20(17)29-9-3-6-27-7-10-28-11-8-27)26-21(30)14-25-22(16)15-4-1-2-5-18(15)24/h5-6,8-9,16-17H,7,10-15H2,1-4H3;2-3,5-6,13-14H,4,7-12H2,1H3,(H2,27,29,30);1-2,4-5,12-13H,3,6-11,14H2,(H,26,30). The molecule has 0 bridgehead atoms. The van der Waals surface area contributed by atoms with Gasteiger partial charge in [-0.3, -0.25) is 24.8 Å². The second-order valence-corrected chi connectivity index (χ2v) is 29.2. The van der Waals surface area contributed by atoms with E-state index in [1.54, 1.807) is 11.8 Å². The minimum atomic E-state index is 0.415. The fraction of sp³-hybridized carbons (Fsp3) is 0.370. The monoisotopic (exact) mass is 1630 g/mol. The van der Waals surface area contributed by atoms with Gasteiger partial charge in [-0.1, -0.05) is 102 Å². The maximum atomic E-state index is 6.66. The molecule has 7 aromatic rings. The molecule has 18 nitrogen and oxygen atoms in total. The molecule has 0 amide bonds. The predicted molar refractivity (Wildman–Crippen MR) is 420 cm³/mol. The van der Waals surface area contributed by atoms with Crippen molar-refractivity contribution in [3.8, 4) is 17.2 Å². The molecule has 3 saturated heterocycles. The van der Waals surface area contributed by atoms with E-state index in [1.165, 1.54) is 0 Å². The lowest BCUT2D eigenvalue weighted by atomic mass is 10.00. The average Bonchev–Trinajstić information content (AvgIpc) is 1.75. The summed E-state index contributed by atoms with van der Waals surface area (Å²) < 4.78 is 37.3.